The third-order valence-corrected chi connectivity index (χ3v) is 4.69. The van der Waals surface area contributed by atoms with E-state index < -0.39 is 0 Å². The molecule has 0 aliphatic carbocycles. The van der Waals surface area contributed by atoms with Gasteiger partial charge in [-0.1, -0.05) is 0 Å². The maximum absolute atomic E-state index is 6.10. The fourth-order valence-electron chi connectivity index (χ4n) is 1.29. The van der Waals surface area contributed by atoms with Crippen molar-refractivity contribution in [1.82, 2.24) is 0 Å². The van der Waals surface area contributed by atoms with Crippen LogP contribution in [0.5, 0.6) is 0 Å². The van der Waals surface area contributed by atoms with Crippen LogP contribution >= 0.6 is 11.6 Å². The third kappa shape index (κ3) is 3.10. The minimum atomic E-state index is 0.478. The molecule has 0 N–H and O–H groups in total. The number of hydrogen-bond donors (Lipinski definition) is 0. The molecular formula is C13H11ClSe. The van der Waals surface area contributed by atoms with Crippen LogP contribution < -0.4 is 4.46 Å². The first kappa shape index (κ1) is 10.8. The summed E-state index contributed by atoms with van der Waals surface area (Å²) in [4.78, 5) is 0. The second-order valence-corrected chi connectivity index (χ2v) is 5.80. The van der Waals surface area contributed by atoms with Gasteiger partial charge < -0.3 is 0 Å². The molecule has 0 bridgehead atoms. The van der Waals surface area contributed by atoms with Gasteiger partial charge in [0, 0.05) is 0 Å². The van der Waals surface area contributed by atoms with Gasteiger partial charge in [0.15, 0.2) is 0 Å². The molecule has 2 aromatic rings. The molecule has 0 spiro atoms. The second kappa shape index (κ2) is 5.37. The zero-order valence-electron chi connectivity index (χ0n) is 8.19. The van der Waals surface area contributed by atoms with Gasteiger partial charge in [0.05, 0.1) is 0 Å². The predicted molar refractivity (Wildman–Crippen MR) is 67.0 cm³/mol. The molecule has 2 aromatic carbocycles. The van der Waals surface area contributed by atoms with Gasteiger partial charge >= 0.3 is 102 Å². The van der Waals surface area contributed by atoms with Crippen molar-refractivity contribution in [2.24, 2.45) is 0 Å². The van der Waals surface area contributed by atoms with Crippen LogP contribution in [0, 0.1) is 0 Å². The molecule has 0 unspecified atom stereocenters. The summed E-state index contributed by atoms with van der Waals surface area (Å²) in [5.74, 6) is 0. The Bertz CT molecular complexity index is 426. The molecule has 0 fully saturated rings. The van der Waals surface area contributed by atoms with Crippen molar-refractivity contribution in [2.75, 3.05) is 0 Å². The summed E-state index contributed by atoms with van der Waals surface area (Å²) >= 11 is 6.58. The molecule has 0 aliphatic rings. The molecule has 0 aliphatic heterocycles. The molecule has 0 atom stereocenters. The Kier molecular flexibility index (Phi) is 3.85. The Balaban J connectivity index is 2.03. The van der Waals surface area contributed by atoms with Gasteiger partial charge in [-0.25, -0.2) is 0 Å². The Morgan fingerprint density at radius 1 is 0.867 bits per heavy atom. The minimum absolute atomic E-state index is 0.478. The molecule has 0 saturated heterocycles. The molecule has 0 amide bonds. The van der Waals surface area contributed by atoms with E-state index in [4.69, 9.17) is 11.6 Å². The van der Waals surface area contributed by atoms with Gasteiger partial charge in [-0.15, -0.1) is 0 Å². The van der Waals surface area contributed by atoms with E-state index in [-0.39, 0.29) is 0 Å². The van der Waals surface area contributed by atoms with Crippen LogP contribution in [0.1, 0.15) is 5.56 Å². The molecule has 2 heteroatoms. The van der Waals surface area contributed by atoms with E-state index in [9.17, 15) is 0 Å². The van der Waals surface area contributed by atoms with Crippen LogP contribution in [0.3, 0.4) is 0 Å². The van der Waals surface area contributed by atoms with E-state index in [1.54, 1.807) is 0 Å². The molecule has 0 radical (unpaired) electrons. The summed E-state index contributed by atoms with van der Waals surface area (Å²) in [5, 5.41) is 1.95. The summed E-state index contributed by atoms with van der Waals surface area (Å²) in [6.45, 7) is 0. The van der Waals surface area contributed by atoms with Crippen molar-refractivity contribution >= 4 is 31.0 Å². The van der Waals surface area contributed by atoms with Gasteiger partial charge in [-0.2, -0.15) is 0 Å². The standard InChI is InChI=1S/C13H11ClSe/c14-13-9-5-4-6-11(13)10-15-12-7-2-1-3-8-12/h1-9H,10H2. The van der Waals surface area contributed by atoms with E-state index in [1.807, 2.05) is 18.2 Å². The van der Waals surface area contributed by atoms with Crippen LogP contribution in [-0.4, -0.2) is 15.0 Å². The quantitative estimate of drug-likeness (QED) is 0.759. The summed E-state index contributed by atoms with van der Waals surface area (Å²) in [6, 6.07) is 18.7. The Hall–Kier alpha value is -0.751. The normalized spacial score (nSPS) is 10.2. The predicted octanol–water partition coefficient (Wildman–Crippen LogP) is 2.87. The van der Waals surface area contributed by atoms with Crippen LogP contribution in [0.25, 0.3) is 0 Å². The van der Waals surface area contributed by atoms with Crippen LogP contribution in [0.4, 0.5) is 0 Å². The molecule has 0 aromatic heterocycles. The molecule has 15 heavy (non-hydrogen) atoms. The average molecular weight is 282 g/mol. The van der Waals surface area contributed by atoms with Gasteiger partial charge in [-0.05, 0) is 0 Å². The molecule has 76 valence electrons. The van der Waals surface area contributed by atoms with Gasteiger partial charge in [-0.3, -0.25) is 0 Å². The number of hydrogen-bond acceptors (Lipinski definition) is 0. The molecule has 0 nitrogen and oxygen atoms in total. The first-order valence-electron chi connectivity index (χ1n) is 4.77. The van der Waals surface area contributed by atoms with Crippen molar-refractivity contribution in [3.8, 4) is 0 Å². The summed E-state index contributed by atoms with van der Waals surface area (Å²) in [5.41, 5.74) is 1.25. The molecule has 2 rings (SSSR count). The topological polar surface area (TPSA) is 0 Å². The third-order valence-electron chi connectivity index (χ3n) is 2.10. The SMILES string of the molecule is Clc1ccccc1C[Se]c1ccccc1. The van der Waals surface area contributed by atoms with E-state index in [2.05, 4.69) is 36.4 Å². The molecule has 0 saturated carbocycles. The van der Waals surface area contributed by atoms with Crippen molar-refractivity contribution in [3.63, 3.8) is 0 Å². The second-order valence-electron chi connectivity index (χ2n) is 3.19. The Labute approximate surface area is 101 Å². The fourth-order valence-corrected chi connectivity index (χ4v) is 3.61. The summed E-state index contributed by atoms with van der Waals surface area (Å²) in [7, 11) is 0. The summed E-state index contributed by atoms with van der Waals surface area (Å²) < 4.78 is 1.42. The number of rotatable bonds is 3. The van der Waals surface area contributed by atoms with Gasteiger partial charge in [0.1, 0.15) is 0 Å². The van der Waals surface area contributed by atoms with Gasteiger partial charge in [0.25, 0.3) is 0 Å². The first-order valence-corrected chi connectivity index (χ1v) is 7.22. The number of halogens is 1. The summed E-state index contributed by atoms with van der Waals surface area (Å²) in [6.07, 6.45) is 0. The average Bonchev–Trinajstić information content (AvgIpc) is 2.29. The molecular weight excluding hydrogens is 271 g/mol. The maximum atomic E-state index is 6.10. The van der Waals surface area contributed by atoms with E-state index in [0.717, 1.165) is 10.3 Å². The zero-order chi connectivity index (χ0) is 10.5. The molecule has 0 heterocycles. The van der Waals surface area contributed by atoms with Crippen LogP contribution in [0.15, 0.2) is 54.6 Å². The first-order chi connectivity index (χ1) is 7.36. The Morgan fingerprint density at radius 3 is 2.27 bits per heavy atom. The van der Waals surface area contributed by atoms with Crippen LogP contribution in [-0.2, 0) is 5.32 Å². The van der Waals surface area contributed by atoms with E-state index in [0.29, 0.717) is 15.0 Å². The van der Waals surface area contributed by atoms with Crippen LogP contribution in [0.2, 0.25) is 5.02 Å². The van der Waals surface area contributed by atoms with Crippen molar-refractivity contribution in [2.45, 2.75) is 5.32 Å². The van der Waals surface area contributed by atoms with Crippen molar-refractivity contribution in [1.29, 1.82) is 0 Å². The zero-order valence-corrected chi connectivity index (χ0v) is 10.7. The number of benzene rings is 2. The van der Waals surface area contributed by atoms with E-state index in [1.165, 1.54) is 10.0 Å². The van der Waals surface area contributed by atoms with Gasteiger partial charge in [0.2, 0.25) is 0 Å². The Morgan fingerprint density at radius 2 is 1.53 bits per heavy atom. The van der Waals surface area contributed by atoms with E-state index >= 15 is 0 Å². The monoisotopic (exact) mass is 282 g/mol. The van der Waals surface area contributed by atoms with Crippen molar-refractivity contribution in [3.05, 3.63) is 65.2 Å². The fraction of sp³-hybridized carbons (Fsp3) is 0.0769. The van der Waals surface area contributed by atoms with Crippen molar-refractivity contribution < 1.29 is 0 Å².